The smallest absolute Gasteiger partial charge is 0.249 e. The number of nitrogens with zero attached hydrogens (tertiary/aromatic N) is 3. The quantitative estimate of drug-likeness (QED) is 0.803. The molecule has 0 saturated carbocycles. The van der Waals surface area contributed by atoms with Crippen molar-refractivity contribution >= 4 is 22.5 Å². The molecular weight excluding hydrogens is 276 g/mol. The van der Waals surface area contributed by atoms with Crippen LogP contribution in [0.25, 0.3) is 10.8 Å². The summed E-state index contributed by atoms with van der Waals surface area (Å²) in [6.45, 7) is 0. The maximum Gasteiger partial charge on any atom is 0.249 e. The minimum atomic E-state index is -0.216. The Balaban J connectivity index is 1.74. The normalized spacial score (nSPS) is 10.5. The van der Waals surface area contributed by atoms with Crippen molar-refractivity contribution in [3.05, 3.63) is 59.8 Å². The van der Waals surface area contributed by atoms with Crippen molar-refractivity contribution in [2.24, 2.45) is 0 Å². The third-order valence-electron chi connectivity index (χ3n) is 3.60. The lowest BCUT2D eigenvalue weighted by Crippen LogP contribution is -2.15. The first-order valence-electron chi connectivity index (χ1n) is 6.93. The molecule has 0 unspecified atom stereocenters. The molecule has 0 fully saturated rings. The van der Waals surface area contributed by atoms with Gasteiger partial charge < -0.3 is 5.73 Å². The molecule has 3 aromatic rings. The van der Waals surface area contributed by atoms with Crippen LogP contribution in [0.15, 0.2) is 48.7 Å². The number of anilines is 1. The SMILES string of the molecule is N#Cc1cnn(C(=O)CCc2ccc3ccccc3c2)c1N. The Hall–Kier alpha value is -3.13. The van der Waals surface area contributed by atoms with Crippen LogP contribution in [0.1, 0.15) is 22.3 Å². The molecule has 1 heterocycles. The summed E-state index contributed by atoms with van der Waals surface area (Å²) in [5, 5.41) is 15.0. The molecule has 0 spiro atoms. The average molecular weight is 290 g/mol. The van der Waals surface area contributed by atoms with Crippen LogP contribution < -0.4 is 5.73 Å². The third-order valence-corrected chi connectivity index (χ3v) is 3.60. The van der Waals surface area contributed by atoms with Gasteiger partial charge in [-0.1, -0.05) is 42.5 Å². The lowest BCUT2D eigenvalue weighted by molar-refractivity contribution is 0.0890. The Morgan fingerprint density at radius 1 is 1.23 bits per heavy atom. The van der Waals surface area contributed by atoms with Crippen LogP contribution in [-0.2, 0) is 6.42 Å². The predicted molar refractivity (Wildman–Crippen MR) is 84.2 cm³/mol. The van der Waals surface area contributed by atoms with Crippen LogP contribution >= 0.6 is 0 Å². The number of carbonyl (C=O) groups excluding carboxylic acids is 1. The number of hydrogen-bond donors (Lipinski definition) is 1. The fraction of sp³-hybridized carbons (Fsp3) is 0.118. The van der Waals surface area contributed by atoms with Crippen molar-refractivity contribution in [1.82, 2.24) is 9.78 Å². The third kappa shape index (κ3) is 2.54. The van der Waals surface area contributed by atoms with Gasteiger partial charge in [0, 0.05) is 6.42 Å². The van der Waals surface area contributed by atoms with Gasteiger partial charge in [-0.25, -0.2) is 0 Å². The average Bonchev–Trinajstić information content (AvgIpc) is 2.93. The number of nitrogens with two attached hydrogens (primary N) is 1. The molecule has 0 amide bonds. The minimum Gasteiger partial charge on any atom is -0.382 e. The zero-order valence-corrected chi connectivity index (χ0v) is 11.9. The molecule has 5 nitrogen and oxygen atoms in total. The van der Waals surface area contributed by atoms with Crippen LogP contribution in [0.5, 0.6) is 0 Å². The van der Waals surface area contributed by atoms with Gasteiger partial charge in [-0.15, -0.1) is 0 Å². The van der Waals surface area contributed by atoms with Gasteiger partial charge in [-0.2, -0.15) is 15.0 Å². The van der Waals surface area contributed by atoms with Gasteiger partial charge in [0.1, 0.15) is 17.5 Å². The Labute approximate surface area is 127 Å². The molecule has 2 N–H and O–H groups in total. The fourth-order valence-electron chi connectivity index (χ4n) is 2.39. The first-order chi connectivity index (χ1) is 10.7. The number of aryl methyl sites for hydroxylation is 1. The van der Waals surface area contributed by atoms with Crippen molar-refractivity contribution < 1.29 is 4.79 Å². The lowest BCUT2D eigenvalue weighted by Gasteiger charge is -2.05. The highest BCUT2D eigenvalue weighted by Crippen LogP contribution is 2.17. The molecule has 5 heteroatoms. The molecular formula is C17H14N4O. The highest BCUT2D eigenvalue weighted by atomic mass is 16.2. The monoisotopic (exact) mass is 290 g/mol. The van der Waals surface area contributed by atoms with Gasteiger partial charge >= 0.3 is 0 Å². The lowest BCUT2D eigenvalue weighted by atomic mass is 10.0. The number of benzene rings is 2. The van der Waals surface area contributed by atoms with E-state index in [9.17, 15) is 4.79 Å². The van der Waals surface area contributed by atoms with Gasteiger partial charge in [0.2, 0.25) is 5.91 Å². The van der Waals surface area contributed by atoms with Gasteiger partial charge in [0.05, 0.1) is 6.20 Å². The maximum atomic E-state index is 12.1. The molecule has 108 valence electrons. The molecule has 2 aromatic carbocycles. The molecule has 0 aliphatic rings. The molecule has 0 saturated heterocycles. The summed E-state index contributed by atoms with van der Waals surface area (Å²) in [6, 6.07) is 16.1. The van der Waals surface area contributed by atoms with Crippen molar-refractivity contribution in [2.45, 2.75) is 12.8 Å². The standard InChI is InChI=1S/C17H14N4O/c18-10-15-11-20-21(17(15)19)16(22)8-6-12-5-7-13-3-1-2-4-14(13)9-12/h1-5,7,9,11H,6,8,19H2. The topological polar surface area (TPSA) is 84.7 Å². The minimum absolute atomic E-state index is 0.103. The van der Waals surface area contributed by atoms with E-state index in [2.05, 4.69) is 17.2 Å². The predicted octanol–water partition coefficient (Wildman–Crippen LogP) is 2.76. The summed E-state index contributed by atoms with van der Waals surface area (Å²) in [6.07, 6.45) is 2.20. The first-order valence-corrected chi connectivity index (χ1v) is 6.93. The van der Waals surface area contributed by atoms with Crippen LogP contribution in [0.3, 0.4) is 0 Å². The summed E-state index contributed by atoms with van der Waals surface area (Å²) in [7, 11) is 0. The van der Waals surface area contributed by atoms with Crippen LogP contribution in [-0.4, -0.2) is 15.7 Å². The van der Waals surface area contributed by atoms with Crippen molar-refractivity contribution in [1.29, 1.82) is 5.26 Å². The summed E-state index contributed by atoms with van der Waals surface area (Å²) in [5.41, 5.74) is 7.02. The Bertz CT molecular complexity index is 889. The van der Waals surface area contributed by atoms with E-state index in [4.69, 9.17) is 11.0 Å². The molecule has 3 rings (SSSR count). The zero-order valence-electron chi connectivity index (χ0n) is 11.9. The molecule has 0 aliphatic heterocycles. The number of nitrogen functional groups attached to an aromatic ring is 1. The van der Waals surface area contributed by atoms with Gasteiger partial charge in [-0.05, 0) is 22.8 Å². The largest absolute Gasteiger partial charge is 0.382 e. The van der Waals surface area contributed by atoms with Crippen molar-refractivity contribution in [3.63, 3.8) is 0 Å². The second-order valence-electron chi connectivity index (χ2n) is 5.04. The molecule has 0 bridgehead atoms. The van der Waals surface area contributed by atoms with E-state index in [-0.39, 0.29) is 23.7 Å². The number of fused-ring (bicyclic) bond motifs is 1. The number of carbonyl (C=O) groups is 1. The number of hydrogen-bond acceptors (Lipinski definition) is 4. The van der Waals surface area contributed by atoms with E-state index >= 15 is 0 Å². The van der Waals surface area contributed by atoms with Crippen LogP contribution in [0.4, 0.5) is 5.82 Å². The Kier molecular flexibility index (Phi) is 3.58. The van der Waals surface area contributed by atoms with Gasteiger partial charge in [0.25, 0.3) is 0 Å². The Morgan fingerprint density at radius 2 is 2.00 bits per heavy atom. The van der Waals surface area contributed by atoms with Crippen molar-refractivity contribution in [3.8, 4) is 6.07 Å². The highest BCUT2D eigenvalue weighted by Gasteiger charge is 2.13. The van der Waals surface area contributed by atoms with E-state index in [1.165, 1.54) is 11.6 Å². The van der Waals surface area contributed by atoms with E-state index in [0.717, 1.165) is 15.6 Å². The number of aromatic nitrogens is 2. The molecule has 22 heavy (non-hydrogen) atoms. The zero-order chi connectivity index (χ0) is 15.5. The first kappa shape index (κ1) is 13.8. The fourth-order valence-corrected chi connectivity index (χ4v) is 2.39. The molecule has 1 aromatic heterocycles. The second kappa shape index (κ2) is 5.70. The summed E-state index contributed by atoms with van der Waals surface area (Å²) in [4.78, 5) is 12.1. The van der Waals surface area contributed by atoms with Gasteiger partial charge in [-0.3, -0.25) is 4.79 Å². The molecule has 0 atom stereocenters. The van der Waals surface area contributed by atoms with Crippen LogP contribution in [0.2, 0.25) is 0 Å². The summed E-state index contributed by atoms with van der Waals surface area (Å²) >= 11 is 0. The van der Waals surface area contributed by atoms with Crippen molar-refractivity contribution in [2.75, 3.05) is 5.73 Å². The number of rotatable bonds is 3. The van der Waals surface area contributed by atoms with E-state index in [1.807, 2.05) is 36.4 Å². The van der Waals surface area contributed by atoms with E-state index in [1.54, 1.807) is 0 Å². The van der Waals surface area contributed by atoms with E-state index in [0.29, 0.717) is 6.42 Å². The second-order valence-corrected chi connectivity index (χ2v) is 5.04. The van der Waals surface area contributed by atoms with Crippen LogP contribution in [0, 0.1) is 11.3 Å². The highest BCUT2D eigenvalue weighted by molar-refractivity contribution is 5.84. The van der Waals surface area contributed by atoms with Gasteiger partial charge in [0.15, 0.2) is 0 Å². The number of nitriles is 1. The summed E-state index contributed by atoms with van der Waals surface area (Å²) < 4.78 is 1.10. The molecule has 0 aliphatic carbocycles. The Morgan fingerprint density at radius 3 is 2.73 bits per heavy atom. The van der Waals surface area contributed by atoms with E-state index < -0.39 is 0 Å². The summed E-state index contributed by atoms with van der Waals surface area (Å²) in [5.74, 6) is -0.113. The maximum absolute atomic E-state index is 12.1. The molecule has 0 radical (unpaired) electrons.